The second-order valence-corrected chi connectivity index (χ2v) is 8.62. The first-order valence-corrected chi connectivity index (χ1v) is 8.58. The standard InChI is InChI=1S/C20H34N2O2/c1-12(11-21)22-18(23)14-10-15(19(3,4)5)17(24-9)16(13(14)2)20(6,7)8/h10,12H,11,21H2,1-9H3,(H,22,23). The maximum atomic E-state index is 12.8. The number of benzene rings is 1. The van der Waals surface area contributed by atoms with E-state index in [1.807, 2.05) is 19.9 Å². The third kappa shape index (κ3) is 4.29. The van der Waals surface area contributed by atoms with Crippen LogP contribution in [-0.4, -0.2) is 25.6 Å². The zero-order chi connectivity index (χ0) is 18.9. The molecular weight excluding hydrogens is 300 g/mol. The van der Waals surface area contributed by atoms with Gasteiger partial charge in [-0.25, -0.2) is 0 Å². The van der Waals surface area contributed by atoms with Crippen LogP contribution in [0.5, 0.6) is 5.75 Å². The summed E-state index contributed by atoms with van der Waals surface area (Å²) in [5, 5.41) is 2.98. The first-order chi connectivity index (χ1) is 10.8. The summed E-state index contributed by atoms with van der Waals surface area (Å²) in [5.41, 5.74) is 9.18. The van der Waals surface area contributed by atoms with E-state index in [1.54, 1.807) is 7.11 Å². The van der Waals surface area contributed by atoms with Crippen molar-refractivity contribution in [3.8, 4) is 5.75 Å². The molecule has 0 aliphatic carbocycles. The van der Waals surface area contributed by atoms with E-state index >= 15 is 0 Å². The molecule has 1 atom stereocenters. The summed E-state index contributed by atoms with van der Waals surface area (Å²) in [6, 6.07) is 1.91. The summed E-state index contributed by atoms with van der Waals surface area (Å²) < 4.78 is 5.80. The predicted octanol–water partition coefficient (Wildman–Crippen LogP) is 3.68. The van der Waals surface area contributed by atoms with Gasteiger partial charge < -0.3 is 15.8 Å². The fraction of sp³-hybridized carbons (Fsp3) is 0.650. The highest BCUT2D eigenvalue weighted by atomic mass is 16.5. The lowest BCUT2D eigenvalue weighted by molar-refractivity contribution is 0.0940. The van der Waals surface area contributed by atoms with E-state index in [1.165, 1.54) is 0 Å². The van der Waals surface area contributed by atoms with Gasteiger partial charge in [0.2, 0.25) is 0 Å². The first-order valence-electron chi connectivity index (χ1n) is 8.58. The summed E-state index contributed by atoms with van der Waals surface area (Å²) in [5.74, 6) is 0.806. The van der Waals surface area contributed by atoms with Gasteiger partial charge in [-0.05, 0) is 36.3 Å². The Bertz CT molecular complexity index is 608. The van der Waals surface area contributed by atoms with Crippen LogP contribution in [0.25, 0.3) is 0 Å². The molecule has 24 heavy (non-hydrogen) atoms. The van der Waals surface area contributed by atoms with Crippen molar-refractivity contribution in [2.75, 3.05) is 13.7 Å². The molecule has 0 aliphatic heterocycles. The molecule has 0 heterocycles. The molecule has 1 aromatic rings. The topological polar surface area (TPSA) is 64.3 Å². The smallest absolute Gasteiger partial charge is 0.251 e. The Hall–Kier alpha value is -1.55. The van der Waals surface area contributed by atoms with E-state index in [4.69, 9.17) is 10.5 Å². The van der Waals surface area contributed by atoms with Gasteiger partial charge in [-0.1, -0.05) is 41.5 Å². The van der Waals surface area contributed by atoms with E-state index in [0.29, 0.717) is 12.1 Å². The van der Waals surface area contributed by atoms with Crippen LogP contribution in [0, 0.1) is 6.92 Å². The summed E-state index contributed by atoms with van der Waals surface area (Å²) in [6.45, 7) is 17.2. The Morgan fingerprint density at radius 2 is 1.75 bits per heavy atom. The normalized spacial score (nSPS) is 13.6. The molecule has 4 nitrogen and oxygen atoms in total. The zero-order valence-corrected chi connectivity index (χ0v) is 16.8. The van der Waals surface area contributed by atoms with Crippen LogP contribution < -0.4 is 15.8 Å². The van der Waals surface area contributed by atoms with Gasteiger partial charge in [-0.3, -0.25) is 4.79 Å². The van der Waals surface area contributed by atoms with Gasteiger partial charge >= 0.3 is 0 Å². The second-order valence-electron chi connectivity index (χ2n) is 8.62. The van der Waals surface area contributed by atoms with Crippen LogP contribution in [0.1, 0.15) is 75.5 Å². The monoisotopic (exact) mass is 334 g/mol. The lowest BCUT2D eigenvalue weighted by Crippen LogP contribution is -2.38. The van der Waals surface area contributed by atoms with Crippen LogP contribution in [0.2, 0.25) is 0 Å². The maximum absolute atomic E-state index is 12.8. The van der Waals surface area contributed by atoms with Gasteiger partial charge in [0, 0.05) is 29.3 Å². The fourth-order valence-corrected chi connectivity index (χ4v) is 3.03. The molecule has 1 amide bonds. The third-order valence-electron chi connectivity index (χ3n) is 4.28. The Morgan fingerprint density at radius 3 is 2.12 bits per heavy atom. The predicted molar refractivity (Wildman–Crippen MR) is 101 cm³/mol. The van der Waals surface area contributed by atoms with Crippen molar-refractivity contribution >= 4 is 5.91 Å². The van der Waals surface area contributed by atoms with Crippen LogP contribution in [0.3, 0.4) is 0 Å². The Morgan fingerprint density at radius 1 is 1.21 bits per heavy atom. The van der Waals surface area contributed by atoms with E-state index in [-0.39, 0.29) is 22.8 Å². The number of amides is 1. The Labute approximate surface area is 147 Å². The summed E-state index contributed by atoms with van der Waals surface area (Å²) >= 11 is 0. The number of nitrogens with one attached hydrogen (secondary N) is 1. The van der Waals surface area contributed by atoms with Crippen molar-refractivity contribution in [3.05, 3.63) is 28.3 Å². The van der Waals surface area contributed by atoms with Crippen LogP contribution >= 0.6 is 0 Å². The van der Waals surface area contributed by atoms with Gasteiger partial charge in [0.25, 0.3) is 5.91 Å². The minimum atomic E-state index is -0.134. The number of ether oxygens (including phenoxy) is 1. The molecule has 0 radical (unpaired) electrons. The minimum Gasteiger partial charge on any atom is -0.496 e. The van der Waals surface area contributed by atoms with Crippen molar-refractivity contribution in [1.82, 2.24) is 5.32 Å². The van der Waals surface area contributed by atoms with E-state index < -0.39 is 0 Å². The maximum Gasteiger partial charge on any atom is 0.251 e. The average Bonchev–Trinajstić information content (AvgIpc) is 2.43. The van der Waals surface area contributed by atoms with Crippen molar-refractivity contribution in [2.24, 2.45) is 5.73 Å². The van der Waals surface area contributed by atoms with Crippen molar-refractivity contribution in [1.29, 1.82) is 0 Å². The number of methoxy groups -OCH3 is 1. The summed E-state index contributed by atoms with van der Waals surface area (Å²) in [7, 11) is 1.70. The molecule has 0 aliphatic rings. The van der Waals surface area contributed by atoms with E-state index in [9.17, 15) is 4.79 Å². The zero-order valence-electron chi connectivity index (χ0n) is 16.8. The van der Waals surface area contributed by atoms with Gasteiger partial charge in [-0.15, -0.1) is 0 Å². The molecule has 0 saturated carbocycles. The van der Waals surface area contributed by atoms with Crippen LogP contribution in [0.15, 0.2) is 6.07 Å². The summed E-state index contributed by atoms with van der Waals surface area (Å²) in [6.07, 6.45) is 0. The molecule has 0 saturated heterocycles. The number of carbonyl (C=O) groups excluding carboxylic acids is 1. The lowest BCUT2D eigenvalue weighted by atomic mass is 9.76. The molecule has 136 valence electrons. The number of hydrogen-bond donors (Lipinski definition) is 2. The van der Waals surface area contributed by atoms with Gasteiger partial charge in [0.1, 0.15) is 5.75 Å². The molecule has 1 aromatic carbocycles. The lowest BCUT2D eigenvalue weighted by Gasteiger charge is -2.32. The molecule has 1 rings (SSSR count). The molecule has 0 aromatic heterocycles. The van der Waals surface area contributed by atoms with Crippen molar-refractivity contribution < 1.29 is 9.53 Å². The SMILES string of the molecule is COc1c(C(C)(C)C)cc(C(=O)NC(C)CN)c(C)c1C(C)(C)C. The number of carbonyl (C=O) groups is 1. The first kappa shape index (κ1) is 20.5. The average molecular weight is 335 g/mol. The molecule has 0 fully saturated rings. The van der Waals surface area contributed by atoms with Crippen molar-refractivity contribution in [3.63, 3.8) is 0 Å². The number of nitrogens with two attached hydrogens (primary N) is 1. The van der Waals surface area contributed by atoms with E-state index in [0.717, 1.165) is 22.4 Å². The fourth-order valence-electron chi connectivity index (χ4n) is 3.03. The van der Waals surface area contributed by atoms with Crippen LogP contribution in [-0.2, 0) is 10.8 Å². The van der Waals surface area contributed by atoms with E-state index in [2.05, 4.69) is 46.9 Å². The molecule has 4 heteroatoms. The minimum absolute atomic E-state index is 0.0600. The Balaban J connectivity index is 3.71. The number of rotatable bonds is 4. The third-order valence-corrected chi connectivity index (χ3v) is 4.28. The highest BCUT2D eigenvalue weighted by Crippen LogP contribution is 2.42. The highest BCUT2D eigenvalue weighted by Gasteiger charge is 2.31. The van der Waals surface area contributed by atoms with Gasteiger partial charge in [0.05, 0.1) is 7.11 Å². The molecule has 1 unspecified atom stereocenters. The second kappa shape index (κ2) is 7.14. The largest absolute Gasteiger partial charge is 0.496 e. The van der Waals surface area contributed by atoms with Crippen LogP contribution in [0.4, 0.5) is 0 Å². The van der Waals surface area contributed by atoms with Gasteiger partial charge in [-0.2, -0.15) is 0 Å². The molecular formula is C20H34N2O2. The van der Waals surface area contributed by atoms with Gasteiger partial charge in [0.15, 0.2) is 0 Å². The summed E-state index contributed by atoms with van der Waals surface area (Å²) in [4.78, 5) is 12.8. The molecule has 0 bridgehead atoms. The quantitative estimate of drug-likeness (QED) is 0.883. The molecule has 0 spiro atoms. The number of hydrogen-bond acceptors (Lipinski definition) is 3. The Kier molecular flexibility index (Phi) is 6.10. The van der Waals surface area contributed by atoms with Crippen molar-refractivity contribution in [2.45, 2.75) is 72.3 Å². The highest BCUT2D eigenvalue weighted by molar-refractivity contribution is 5.97. The molecule has 3 N–H and O–H groups in total.